The molecule has 5 nitrogen and oxygen atoms in total. The molecule has 0 N–H and O–H groups in total. The molecule has 2 aromatic rings. The summed E-state index contributed by atoms with van der Waals surface area (Å²) < 4.78 is 34.8. The van der Waals surface area contributed by atoms with Crippen molar-refractivity contribution < 1.29 is 22.1 Å². The molecule has 2 rings (SSSR count). The summed E-state index contributed by atoms with van der Waals surface area (Å²) >= 11 is 6.06. The summed E-state index contributed by atoms with van der Waals surface area (Å²) in [4.78, 5) is 12.1. The number of rotatable bonds is 6. The fraction of sp³-hybridized carbons (Fsp3) is 0.188. The average molecular weight is 355 g/mol. The van der Waals surface area contributed by atoms with E-state index in [1.807, 2.05) is 0 Å². The summed E-state index contributed by atoms with van der Waals surface area (Å²) in [7, 11) is -4.15. The van der Waals surface area contributed by atoms with Crippen molar-refractivity contribution in [2.45, 2.75) is 17.9 Å². The molecule has 0 aliphatic rings. The molecule has 0 aliphatic heterocycles. The van der Waals surface area contributed by atoms with E-state index in [-0.39, 0.29) is 22.1 Å². The molecule has 0 aliphatic carbocycles. The molecule has 122 valence electrons. The van der Waals surface area contributed by atoms with E-state index >= 15 is 0 Å². The largest absolute Gasteiger partial charge is 0.464 e. The van der Waals surface area contributed by atoms with Crippen molar-refractivity contribution >= 4 is 27.7 Å². The van der Waals surface area contributed by atoms with Crippen molar-refractivity contribution in [2.24, 2.45) is 0 Å². The van der Waals surface area contributed by atoms with E-state index in [0.717, 1.165) is 0 Å². The number of benzene rings is 2. The van der Waals surface area contributed by atoms with Crippen molar-refractivity contribution in [3.8, 4) is 0 Å². The van der Waals surface area contributed by atoms with Gasteiger partial charge in [-0.15, -0.1) is 0 Å². The number of halogens is 1. The summed E-state index contributed by atoms with van der Waals surface area (Å²) in [5, 5.41) is 0.216. The molecule has 0 heterocycles. The first kappa shape index (κ1) is 17.5. The van der Waals surface area contributed by atoms with Crippen LogP contribution in [0.25, 0.3) is 0 Å². The van der Waals surface area contributed by atoms with E-state index < -0.39 is 22.2 Å². The van der Waals surface area contributed by atoms with Gasteiger partial charge in [-0.3, -0.25) is 0 Å². The van der Waals surface area contributed by atoms with Crippen molar-refractivity contribution in [3.05, 3.63) is 65.2 Å². The minimum Gasteiger partial charge on any atom is -0.464 e. The Labute approximate surface area is 139 Å². The highest BCUT2D eigenvalue weighted by molar-refractivity contribution is 7.86. The molecule has 1 atom stereocenters. The predicted octanol–water partition coefficient (Wildman–Crippen LogP) is 3.35. The van der Waals surface area contributed by atoms with Crippen LogP contribution in [0.2, 0.25) is 5.02 Å². The van der Waals surface area contributed by atoms with Gasteiger partial charge in [-0.2, -0.15) is 8.42 Å². The average Bonchev–Trinajstić information content (AvgIpc) is 2.54. The molecule has 0 saturated heterocycles. The van der Waals surface area contributed by atoms with Crippen molar-refractivity contribution in [2.75, 3.05) is 6.61 Å². The fourth-order valence-corrected chi connectivity index (χ4v) is 3.17. The first-order valence-corrected chi connectivity index (χ1v) is 8.63. The van der Waals surface area contributed by atoms with Crippen LogP contribution < -0.4 is 0 Å². The van der Waals surface area contributed by atoms with Gasteiger partial charge in [0.05, 0.1) is 11.5 Å². The maximum atomic E-state index is 12.4. The van der Waals surface area contributed by atoms with Crippen LogP contribution in [0.4, 0.5) is 0 Å². The minimum atomic E-state index is -4.15. The molecule has 0 unspecified atom stereocenters. The standard InChI is InChI=1S/C16H15ClO5S/c1-2-21-16(18)15(13-10-6-7-11-14(13)17)22-23(19,20)12-8-4-3-5-9-12/h3-11,15H,2H2,1H3/t15-/m1/s1. The van der Waals surface area contributed by atoms with Gasteiger partial charge in [-0.25, -0.2) is 8.98 Å². The summed E-state index contributed by atoms with van der Waals surface area (Å²) in [5.41, 5.74) is 0.229. The van der Waals surface area contributed by atoms with Crippen LogP contribution >= 0.6 is 11.6 Å². The zero-order chi connectivity index (χ0) is 16.9. The lowest BCUT2D eigenvalue weighted by Crippen LogP contribution is -2.22. The Morgan fingerprint density at radius 3 is 2.30 bits per heavy atom. The highest BCUT2D eigenvalue weighted by Crippen LogP contribution is 2.30. The van der Waals surface area contributed by atoms with Gasteiger partial charge in [0, 0.05) is 10.6 Å². The molecular formula is C16H15ClO5S. The molecular weight excluding hydrogens is 340 g/mol. The highest BCUT2D eigenvalue weighted by Gasteiger charge is 2.31. The van der Waals surface area contributed by atoms with Crippen LogP contribution in [-0.4, -0.2) is 21.0 Å². The molecule has 7 heteroatoms. The lowest BCUT2D eigenvalue weighted by Gasteiger charge is -2.17. The van der Waals surface area contributed by atoms with Crippen molar-refractivity contribution in [1.82, 2.24) is 0 Å². The summed E-state index contributed by atoms with van der Waals surface area (Å²) in [6.07, 6.45) is -1.46. The summed E-state index contributed by atoms with van der Waals surface area (Å²) in [6.45, 7) is 1.71. The van der Waals surface area contributed by atoms with Gasteiger partial charge in [-0.05, 0) is 25.1 Å². The van der Waals surface area contributed by atoms with E-state index in [9.17, 15) is 13.2 Å². The number of hydrogen-bond donors (Lipinski definition) is 0. The molecule has 0 bridgehead atoms. The molecule has 0 fully saturated rings. The molecule has 0 aromatic heterocycles. The smallest absolute Gasteiger partial charge is 0.341 e. The van der Waals surface area contributed by atoms with Gasteiger partial charge in [0.2, 0.25) is 6.10 Å². The van der Waals surface area contributed by atoms with E-state index in [1.165, 1.54) is 18.2 Å². The number of carbonyl (C=O) groups excluding carboxylic acids is 1. The zero-order valence-corrected chi connectivity index (χ0v) is 13.9. The molecule has 0 spiro atoms. The number of ether oxygens (including phenoxy) is 1. The summed E-state index contributed by atoms with van der Waals surface area (Å²) in [5.74, 6) is -0.819. The second-order valence-electron chi connectivity index (χ2n) is 4.52. The zero-order valence-electron chi connectivity index (χ0n) is 12.3. The third kappa shape index (κ3) is 4.31. The maximum Gasteiger partial charge on any atom is 0.341 e. The fourth-order valence-electron chi connectivity index (χ4n) is 1.89. The predicted molar refractivity (Wildman–Crippen MR) is 85.5 cm³/mol. The van der Waals surface area contributed by atoms with Crippen LogP contribution in [0, 0.1) is 0 Å². The van der Waals surface area contributed by atoms with E-state index in [1.54, 1.807) is 43.3 Å². The van der Waals surface area contributed by atoms with Gasteiger partial charge < -0.3 is 4.74 Å². The first-order chi connectivity index (χ1) is 11.0. The van der Waals surface area contributed by atoms with Crippen molar-refractivity contribution in [3.63, 3.8) is 0 Å². The van der Waals surface area contributed by atoms with Gasteiger partial charge in [0.25, 0.3) is 10.1 Å². The first-order valence-electron chi connectivity index (χ1n) is 6.85. The third-order valence-electron chi connectivity index (χ3n) is 2.94. The Kier molecular flexibility index (Phi) is 5.76. The number of esters is 1. The van der Waals surface area contributed by atoms with E-state index in [2.05, 4.69) is 0 Å². The normalized spacial score (nSPS) is 12.6. The third-order valence-corrected chi connectivity index (χ3v) is 4.58. The maximum absolute atomic E-state index is 12.4. The quantitative estimate of drug-likeness (QED) is 0.587. The Morgan fingerprint density at radius 1 is 1.09 bits per heavy atom. The molecule has 2 aromatic carbocycles. The van der Waals surface area contributed by atoms with Crippen LogP contribution in [0.15, 0.2) is 59.5 Å². The Bertz CT molecular complexity index is 774. The lowest BCUT2D eigenvalue weighted by molar-refractivity contribution is -0.151. The topological polar surface area (TPSA) is 69.7 Å². The number of hydrogen-bond acceptors (Lipinski definition) is 5. The number of carbonyl (C=O) groups is 1. The van der Waals surface area contributed by atoms with Crippen LogP contribution in [0.3, 0.4) is 0 Å². The molecule has 0 radical (unpaired) electrons. The van der Waals surface area contributed by atoms with E-state index in [4.69, 9.17) is 20.5 Å². The SMILES string of the molecule is CCOC(=O)[C@H](OS(=O)(=O)c1ccccc1)c1ccccc1Cl. The minimum absolute atomic E-state index is 0.0543. The second kappa shape index (κ2) is 7.59. The van der Waals surface area contributed by atoms with Crippen molar-refractivity contribution in [1.29, 1.82) is 0 Å². The van der Waals surface area contributed by atoms with Gasteiger partial charge in [-0.1, -0.05) is 48.0 Å². The van der Waals surface area contributed by atoms with Crippen LogP contribution in [0.1, 0.15) is 18.6 Å². The highest BCUT2D eigenvalue weighted by atomic mass is 35.5. The Morgan fingerprint density at radius 2 is 1.70 bits per heavy atom. The van der Waals surface area contributed by atoms with Gasteiger partial charge in [0.1, 0.15) is 0 Å². The van der Waals surface area contributed by atoms with Crippen LogP contribution in [0.5, 0.6) is 0 Å². The Hall–Kier alpha value is -1.89. The Balaban J connectivity index is 2.40. The molecule has 0 amide bonds. The molecule has 0 saturated carbocycles. The van der Waals surface area contributed by atoms with E-state index in [0.29, 0.717) is 0 Å². The lowest BCUT2D eigenvalue weighted by atomic mass is 10.1. The van der Waals surface area contributed by atoms with Crippen LogP contribution in [-0.2, 0) is 23.8 Å². The van der Waals surface area contributed by atoms with Gasteiger partial charge >= 0.3 is 5.97 Å². The molecule has 23 heavy (non-hydrogen) atoms. The second-order valence-corrected chi connectivity index (χ2v) is 6.50. The monoisotopic (exact) mass is 354 g/mol. The van der Waals surface area contributed by atoms with Gasteiger partial charge in [0.15, 0.2) is 0 Å². The summed E-state index contributed by atoms with van der Waals surface area (Å²) in [6, 6.07) is 13.9.